The number of halogens is 1. The summed E-state index contributed by atoms with van der Waals surface area (Å²) in [5.74, 6) is -0.316. The lowest BCUT2D eigenvalue weighted by molar-refractivity contribution is -0.106. The lowest BCUT2D eigenvalue weighted by Crippen LogP contribution is -2.13. The number of rotatable bonds is 3. The predicted molar refractivity (Wildman–Crippen MR) is 65.8 cm³/mol. The zero-order valence-corrected chi connectivity index (χ0v) is 9.43. The van der Waals surface area contributed by atoms with Crippen LogP contribution in [0.2, 0.25) is 0 Å². The summed E-state index contributed by atoms with van der Waals surface area (Å²) in [5.41, 5.74) is 2.53. The van der Waals surface area contributed by atoms with E-state index in [1.807, 2.05) is 31.2 Å². The molecule has 0 bridgehead atoms. The van der Waals surface area contributed by atoms with E-state index in [0.29, 0.717) is 5.69 Å². The molecule has 2 aromatic carbocycles. The molecule has 0 saturated carbocycles. The highest BCUT2D eigenvalue weighted by molar-refractivity contribution is 5.86. The highest BCUT2D eigenvalue weighted by atomic mass is 19.1. The fourth-order valence-electron chi connectivity index (χ4n) is 1.58. The van der Waals surface area contributed by atoms with E-state index in [1.54, 1.807) is 12.1 Å². The Hall–Kier alpha value is -2.16. The van der Waals surface area contributed by atoms with Gasteiger partial charge in [-0.2, -0.15) is 0 Å². The lowest BCUT2D eigenvalue weighted by atomic mass is 10.2. The van der Waals surface area contributed by atoms with Crippen LogP contribution < -0.4 is 4.90 Å². The average molecular weight is 229 g/mol. The molecule has 86 valence electrons. The monoisotopic (exact) mass is 229 g/mol. The normalized spacial score (nSPS) is 10.0. The number of amides is 1. The molecule has 17 heavy (non-hydrogen) atoms. The number of nitrogens with zero attached hydrogens (tertiary/aromatic N) is 1. The molecule has 0 aromatic heterocycles. The first-order chi connectivity index (χ1) is 8.20. The topological polar surface area (TPSA) is 20.3 Å². The van der Waals surface area contributed by atoms with Crippen LogP contribution in [0, 0.1) is 12.7 Å². The maximum Gasteiger partial charge on any atom is 0.218 e. The molecule has 0 heterocycles. The summed E-state index contributed by atoms with van der Waals surface area (Å²) < 4.78 is 12.8. The molecule has 0 spiro atoms. The van der Waals surface area contributed by atoms with Crippen LogP contribution >= 0.6 is 0 Å². The first kappa shape index (κ1) is 11.3. The van der Waals surface area contributed by atoms with Crippen molar-refractivity contribution in [2.45, 2.75) is 6.92 Å². The summed E-state index contributed by atoms with van der Waals surface area (Å²) in [7, 11) is 0. The molecule has 1 amide bonds. The van der Waals surface area contributed by atoms with Gasteiger partial charge in [0.2, 0.25) is 6.41 Å². The van der Waals surface area contributed by atoms with Crippen LogP contribution in [0.25, 0.3) is 0 Å². The maximum absolute atomic E-state index is 12.8. The van der Waals surface area contributed by atoms with Gasteiger partial charge in [0.05, 0.1) is 0 Å². The van der Waals surface area contributed by atoms with Crippen molar-refractivity contribution in [1.82, 2.24) is 0 Å². The second-order valence-corrected chi connectivity index (χ2v) is 3.79. The van der Waals surface area contributed by atoms with Gasteiger partial charge in [0.1, 0.15) is 5.82 Å². The number of carbonyl (C=O) groups excluding carboxylic acids is 1. The van der Waals surface area contributed by atoms with Gasteiger partial charge in [-0.05, 0) is 43.3 Å². The van der Waals surface area contributed by atoms with E-state index in [-0.39, 0.29) is 5.82 Å². The van der Waals surface area contributed by atoms with Gasteiger partial charge in [0, 0.05) is 11.4 Å². The Labute approximate surface area is 99.3 Å². The van der Waals surface area contributed by atoms with Crippen LogP contribution in [0.5, 0.6) is 0 Å². The first-order valence-corrected chi connectivity index (χ1v) is 5.27. The molecule has 3 heteroatoms. The van der Waals surface area contributed by atoms with Crippen molar-refractivity contribution in [3.05, 3.63) is 59.9 Å². The zero-order valence-electron chi connectivity index (χ0n) is 9.43. The van der Waals surface area contributed by atoms with Crippen molar-refractivity contribution in [2.24, 2.45) is 0 Å². The van der Waals surface area contributed by atoms with Gasteiger partial charge in [-0.25, -0.2) is 4.39 Å². The summed E-state index contributed by atoms with van der Waals surface area (Å²) >= 11 is 0. The van der Waals surface area contributed by atoms with E-state index in [9.17, 15) is 9.18 Å². The molecular formula is C14H12FNO. The summed E-state index contributed by atoms with van der Waals surface area (Å²) in [6, 6.07) is 13.4. The maximum atomic E-state index is 12.8. The van der Waals surface area contributed by atoms with Crippen LogP contribution in [0.4, 0.5) is 15.8 Å². The molecule has 0 aliphatic heterocycles. The molecule has 0 fully saturated rings. The number of carbonyl (C=O) groups is 1. The van der Waals surface area contributed by atoms with Crippen molar-refractivity contribution in [3.8, 4) is 0 Å². The Morgan fingerprint density at radius 3 is 1.88 bits per heavy atom. The molecule has 0 radical (unpaired) electrons. The van der Waals surface area contributed by atoms with Crippen LogP contribution in [0.15, 0.2) is 48.5 Å². The van der Waals surface area contributed by atoms with Crippen LogP contribution in [0.3, 0.4) is 0 Å². The smallest absolute Gasteiger partial charge is 0.218 e. The molecule has 2 rings (SSSR count). The van der Waals surface area contributed by atoms with E-state index in [0.717, 1.165) is 17.7 Å². The second kappa shape index (κ2) is 4.78. The van der Waals surface area contributed by atoms with E-state index < -0.39 is 0 Å². The van der Waals surface area contributed by atoms with Gasteiger partial charge >= 0.3 is 0 Å². The van der Waals surface area contributed by atoms with Crippen molar-refractivity contribution >= 4 is 17.8 Å². The zero-order chi connectivity index (χ0) is 12.3. The molecule has 0 aliphatic rings. The minimum absolute atomic E-state index is 0.316. The summed E-state index contributed by atoms with van der Waals surface area (Å²) in [6.45, 7) is 1.98. The molecule has 0 atom stereocenters. The van der Waals surface area contributed by atoms with Gasteiger partial charge in [0.25, 0.3) is 0 Å². The van der Waals surface area contributed by atoms with E-state index in [1.165, 1.54) is 17.0 Å². The van der Waals surface area contributed by atoms with Crippen LogP contribution in [-0.4, -0.2) is 6.41 Å². The number of hydrogen-bond donors (Lipinski definition) is 0. The lowest BCUT2D eigenvalue weighted by Gasteiger charge is -2.17. The van der Waals surface area contributed by atoms with Crippen LogP contribution in [0.1, 0.15) is 5.56 Å². The third-order valence-corrected chi connectivity index (χ3v) is 2.52. The van der Waals surface area contributed by atoms with Crippen molar-refractivity contribution in [1.29, 1.82) is 0 Å². The SMILES string of the molecule is Cc1ccc(N(C=O)c2ccc(F)cc2)cc1. The second-order valence-electron chi connectivity index (χ2n) is 3.79. The standard InChI is InChI=1S/C14H12FNO/c1-11-2-6-13(7-3-11)16(10-17)14-8-4-12(15)5-9-14/h2-10H,1H3. The third-order valence-electron chi connectivity index (χ3n) is 2.52. The number of anilines is 2. The van der Waals surface area contributed by atoms with Gasteiger partial charge in [-0.15, -0.1) is 0 Å². The quantitative estimate of drug-likeness (QED) is 0.738. The summed E-state index contributed by atoms with van der Waals surface area (Å²) in [6.07, 6.45) is 0.720. The molecular weight excluding hydrogens is 217 g/mol. The van der Waals surface area contributed by atoms with Gasteiger partial charge < -0.3 is 0 Å². The fraction of sp³-hybridized carbons (Fsp3) is 0.0714. The Kier molecular flexibility index (Phi) is 3.19. The largest absolute Gasteiger partial charge is 0.284 e. The molecule has 0 unspecified atom stereocenters. The molecule has 2 aromatic rings. The molecule has 2 nitrogen and oxygen atoms in total. The minimum atomic E-state index is -0.316. The fourth-order valence-corrected chi connectivity index (χ4v) is 1.58. The van der Waals surface area contributed by atoms with Gasteiger partial charge in [-0.3, -0.25) is 9.69 Å². The summed E-state index contributed by atoms with van der Waals surface area (Å²) in [5, 5.41) is 0. The Balaban J connectivity index is 2.36. The summed E-state index contributed by atoms with van der Waals surface area (Å²) in [4.78, 5) is 12.6. The third kappa shape index (κ3) is 2.50. The number of hydrogen-bond acceptors (Lipinski definition) is 1. The van der Waals surface area contributed by atoms with Crippen molar-refractivity contribution in [3.63, 3.8) is 0 Å². The van der Waals surface area contributed by atoms with E-state index in [4.69, 9.17) is 0 Å². The first-order valence-electron chi connectivity index (χ1n) is 5.27. The molecule has 0 saturated heterocycles. The highest BCUT2D eigenvalue weighted by Crippen LogP contribution is 2.23. The average Bonchev–Trinajstić information content (AvgIpc) is 2.35. The predicted octanol–water partition coefficient (Wildman–Crippen LogP) is 3.43. The van der Waals surface area contributed by atoms with E-state index in [2.05, 4.69) is 0 Å². The highest BCUT2D eigenvalue weighted by Gasteiger charge is 2.07. The van der Waals surface area contributed by atoms with Crippen molar-refractivity contribution in [2.75, 3.05) is 4.90 Å². The Bertz CT molecular complexity index is 459. The minimum Gasteiger partial charge on any atom is -0.284 e. The van der Waals surface area contributed by atoms with Gasteiger partial charge in [-0.1, -0.05) is 17.7 Å². The molecule has 0 N–H and O–H groups in total. The number of aryl methyl sites for hydroxylation is 1. The molecule has 0 aliphatic carbocycles. The Morgan fingerprint density at radius 1 is 0.941 bits per heavy atom. The Morgan fingerprint density at radius 2 is 1.41 bits per heavy atom. The van der Waals surface area contributed by atoms with Crippen LogP contribution in [-0.2, 0) is 4.79 Å². The van der Waals surface area contributed by atoms with Gasteiger partial charge in [0.15, 0.2) is 0 Å². The van der Waals surface area contributed by atoms with Crippen molar-refractivity contribution < 1.29 is 9.18 Å². The van der Waals surface area contributed by atoms with E-state index >= 15 is 0 Å². The number of benzene rings is 2.